The zero-order valence-electron chi connectivity index (χ0n) is 3.50. The number of hydrogen-bond donors (Lipinski definition) is 2. The molecule has 7 heavy (non-hydrogen) atoms. The minimum atomic E-state index is -1.69. The Morgan fingerprint density at radius 3 is 1.86 bits per heavy atom. The summed E-state index contributed by atoms with van der Waals surface area (Å²) < 4.78 is 0. The van der Waals surface area contributed by atoms with Gasteiger partial charge in [-0.25, -0.2) is 4.79 Å². The molecule has 2 N–H and O–H groups in total. The van der Waals surface area contributed by atoms with Crippen LogP contribution >= 0.6 is 0 Å². The van der Waals surface area contributed by atoms with Gasteiger partial charge >= 0.3 is 46.6 Å². The molecule has 0 bridgehead atoms. The molecule has 0 fully saturated rings. The second-order valence-corrected chi connectivity index (χ2v) is 0.357. The van der Waals surface area contributed by atoms with Gasteiger partial charge in [-0.15, -0.1) is 0 Å². The third-order valence-electron chi connectivity index (χ3n) is 0.0781. The zero-order valence-corrected chi connectivity index (χ0v) is 6.06. The molecule has 0 saturated heterocycles. The van der Waals surface area contributed by atoms with Crippen molar-refractivity contribution in [2.24, 2.45) is 0 Å². The molecule has 0 amide bonds. The molecule has 0 radical (unpaired) electrons. The van der Waals surface area contributed by atoms with Gasteiger partial charge in [0, 0.05) is 1.43 Å². The molecule has 4 nitrogen and oxygen atoms in total. The Kier molecular flexibility index (Phi) is 21.7. The van der Waals surface area contributed by atoms with E-state index in [0.717, 1.165) is 0 Å². The first-order chi connectivity index (χ1) is 2.27. The van der Waals surface area contributed by atoms with Gasteiger partial charge < -0.3 is 5.11 Å². The molecule has 6 heteroatoms. The van der Waals surface area contributed by atoms with Gasteiger partial charge in [0.1, 0.15) is 0 Å². The molecule has 0 spiro atoms. The van der Waals surface area contributed by atoms with Crippen molar-refractivity contribution in [1.29, 1.82) is 0 Å². The SMILES string of the molecule is O=C(O)OO.[Al+3].[HH].[Mg+2]. The molecule has 0 unspecified atom stereocenters. The molecule has 0 aromatic carbocycles. The van der Waals surface area contributed by atoms with E-state index >= 15 is 0 Å². The Morgan fingerprint density at radius 1 is 1.71 bits per heavy atom. The molecule has 0 aliphatic carbocycles. The summed E-state index contributed by atoms with van der Waals surface area (Å²) in [5, 5.41) is 14.3. The van der Waals surface area contributed by atoms with Crippen molar-refractivity contribution < 1.29 is 21.5 Å². The van der Waals surface area contributed by atoms with Crippen molar-refractivity contribution in [3.05, 3.63) is 0 Å². The van der Waals surface area contributed by atoms with Crippen LogP contribution in [0.5, 0.6) is 0 Å². The Hall–Kier alpha value is 0.529. The second-order valence-electron chi connectivity index (χ2n) is 0.357. The summed E-state index contributed by atoms with van der Waals surface area (Å²) >= 11 is 0. The van der Waals surface area contributed by atoms with Crippen LogP contribution in [0.4, 0.5) is 4.79 Å². The maximum atomic E-state index is 8.90. The Morgan fingerprint density at radius 2 is 1.86 bits per heavy atom. The molecule has 0 atom stereocenters. The van der Waals surface area contributed by atoms with Gasteiger partial charge in [0.2, 0.25) is 0 Å². The fourth-order valence-electron chi connectivity index (χ4n) is 0. The van der Waals surface area contributed by atoms with Gasteiger partial charge in [0.15, 0.2) is 0 Å². The van der Waals surface area contributed by atoms with Crippen LogP contribution in [0, 0.1) is 0 Å². The summed E-state index contributed by atoms with van der Waals surface area (Å²) in [6.07, 6.45) is -1.69. The van der Waals surface area contributed by atoms with Gasteiger partial charge in [-0.05, 0) is 0 Å². The Bertz CT molecular complexity index is 51.3. The van der Waals surface area contributed by atoms with Gasteiger partial charge in [0.25, 0.3) is 0 Å². The topological polar surface area (TPSA) is 66.8 Å². The van der Waals surface area contributed by atoms with E-state index in [4.69, 9.17) is 15.2 Å². The molecule has 32 valence electrons. The largest absolute Gasteiger partial charge is 3.00 e. The first kappa shape index (κ1) is 15.6. The zero-order chi connectivity index (χ0) is 4.28. The fraction of sp³-hybridized carbons (Fsp3) is 0. The molecule has 0 rings (SSSR count). The molecular formula is CH4AlMgO4+5. The van der Waals surface area contributed by atoms with E-state index in [1.165, 1.54) is 0 Å². The van der Waals surface area contributed by atoms with Crippen LogP contribution in [0.15, 0.2) is 0 Å². The van der Waals surface area contributed by atoms with Crippen LogP contribution in [-0.2, 0) is 4.89 Å². The van der Waals surface area contributed by atoms with Crippen molar-refractivity contribution in [1.82, 2.24) is 0 Å². The van der Waals surface area contributed by atoms with E-state index in [9.17, 15) is 0 Å². The summed E-state index contributed by atoms with van der Waals surface area (Å²) in [5.74, 6) is 0. The smallest absolute Gasteiger partial charge is 0.448 e. The first-order valence-electron chi connectivity index (χ1n) is 0.814. The van der Waals surface area contributed by atoms with E-state index in [1.54, 1.807) is 0 Å². The number of carbonyl (C=O) groups is 1. The van der Waals surface area contributed by atoms with E-state index < -0.39 is 6.16 Å². The van der Waals surface area contributed by atoms with Crippen LogP contribution in [0.1, 0.15) is 1.43 Å². The minimum Gasteiger partial charge on any atom is -0.448 e. The molecule has 0 saturated carbocycles. The van der Waals surface area contributed by atoms with Gasteiger partial charge in [-0.2, -0.15) is 5.26 Å². The Labute approximate surface area is 68.2 Å². The first-order valence-corrected chi connectivity index (χ1v) is 0.814. The van der Waals surface area contributed by atoms with Gasteiger partial charge in [-0.1, -0.05) is 0 Å². The van der Waals surface area contributed by atoms with Crippen molar-refractivity contribution in [2.75, 3.05) is 0 Å². The fourth-order valence-corrected chi connectivity index (χ4v) is 0. The predicted molar refractivity (Wildman–Crippen MR) is 25.4 cm³/mol. The molecule has 0 aliphatic rings. The van der Waals surface area contributed by atoms with E-state index in [0.29, 0.717) is 0 Å². The predicted octanol–water partition coefficient (Wildman–Crippen LogP) is -0.362. The van der Waals surface area contributed by atoms with Gasteiger partial charge in [0.05, 0.1) is 0 Å². The maximum Gasteiger partial charge on any atom is 3.00 e. The quantitative estimate of drug-likeness (QED) is 0.268. The summed E-state index contributed by atoms with van der Waals surface area (Å²) in [6, 6.07) is 0. The third kappa shape index (κ3) is 20.9. The number of hydrogen-bond acceptors (Lipinski definition) is 3. The number of rotatable bonds is 0. The minimum absolute atomic E-state index is 0. The van der Waals surface area contributed by atoms with Crippen molar-refractivity contribution in [3.8, 4) is 0 Å². The van der Waals surface area contributed by atoms with E-state index in [1.807, 2.05) is 0 Å². The normalized spacial score (nSPS) is 4.71. The average molecular weight is 131 g/mol. The molecule has 0 aromatic heterocycles. The molecular weight excluding hydrogens is 127 g/mol. The van der Waals surface area contributed by atoms with Crippen LogP contribution in [0.2, 0.25) is 0 Å². The Balaban J connectivity index is -0.0000000267. The van der Waals surface area contributed by atoms with Crippen LogP contribution in [-0.4, -0.2) is 56.9 Å². The molecule has 0 heterocycles. The monoisotopic (exact) mass is 131 g/mol. The summed E-state index contributed by atoms with van der Waals surface area (Å²) in [4.78, 5) is 11.6. The van der Waals surface area contributed by atoms with E-state index in [-0.39, 0.29) is 41.8 Å². The number of carboxylic acid groups (broad SMARTS) is 1. The standard InChI is InChI=1S/CH2O4.Al.Mg.H2/c2-1(3)5-4;;;/h4H,(H,2,3);;;1H/q;+3;+2;. The molecule has 0 aliphatic heterocycles. The van der Waals surface area contributed by atoms with Crippen LogP contribution in [0.25, 0.3) is 0 Å². The summed E-state index contributed by atoms with van der Waals surface area (Å²) in [5.41, 5.74) is 0. The van der Waals surface area contributed by atoms with Crippen LogP contribution in [0.3, 0.4) is 0 Å². The third-order valence-corrected chi connectivity index (χ3v) is 0.0781. The average Bonchev–Trinajstić information content (AvgIpc) is 1.38. The van der Waals surface area contributed by atoms with E-state index in [2.05, 4.69) is 4.89 Å². The maximum absolute atomic E-state index is 8.90. The summed E-state index contributed by atoms with van der Waals surface area (Å²) in [7, 11) is 0. The van der Waals surface area contributed by atoms with Crippen LogP contribution < -0.4 is 0 Å². The second kappa shape index (κ2) is 9.73. The van der Waals surface area contributed by atoms with Gasteiger partial charge in [-0.3, -0.25) is 4.89 Å². The van der Waals surface area contributed by atoms with Crippen molar-refractivity contribution >= 4 is 46.6 Å². The molecule has 0 aromatic rings. The van der Waals surface area contributed by atoms with Crippen molar-refractivity contribution in [2.45, 2.75) is 0 Å². The summed E-state index contributed by atoms with van der Waals surface area (Å²) in [6.45, 7) is 0. The van der Waals surface area contributed by atoms with Crippen molar-refractivity contribution in [3.63, 3.8) is 0 Å².